The first-order valence-corrected chi connectivity index (χ1v) is 4.50. The monoisotopic (exact) mass is 193 g/mol. The van der Waals surface area contributed by atoms with Crippen molar-refractivity contribution >= 4 is 0 Å². The molecule has 3 heteroatoms. The van der Waals surface area contributed by atoms with Crippen LogP contribution in [0.25, 0.3) is 0 Å². The highest BCUT2D eigenvalue weighted by molar-refractivity contribution is 5.31. The molecule has 0 aliphatic heterocycles. The first kappa shape index (κ1) is 10.7. The highest BCUT2D eigenvalue weighted by Gasteiger charge is 2.06. The van der Waals surface area contributed by atoms with Crippen molar-refractivity contribution in [3.63, 3.8) is 0 Å². The smallest absolute Gasteiger partial charge is 0.106 e. The van der Waals surface area contributed by atoms with E-state index in [4.69, 9.17) is 10.4 Å². The largest absolute Gasteiger partial charge is 0.396 e. The Morgan fingerprint density at radius 2 is 2.00 bits per heavy atom. The number of halogens is 1. The summed E-state index contributed by atoms with van der Waals surface area (Å²) in [6.07, 6.45) is -0.542. The molecule has 0 aliphatic carbocycles. The summed E-state index contributed by atoms with van der Waals surface area (Å²) in [6.45, 7) is -0.128. The molecule has 0 heterocycles. The van der Waals surface area contributed by atoms with Crippen LogP contribution in [0.15, 0.2) is 24.3 Å². The maximum atomic E-state index is 13.0. The third-order valence-corrected chi connectivity index (χ3v) is 1.98. The van der Waals surface area contributed by atoms with Gasteiger partial charge in [-0.3, -0.25) is 0 Å². The standard InChI is InChI=1S/C11H12FNO/c12-11(5-6-14)7-9-1-3-10(8-13)4-2-9/h1-4,11,14H,5-7H2. The second kappa shape index (κ2) is 5.36. The number of hydrogen-bond acceptors (Lipinski definition) is 2. The number of aliphatic hydroxyl groups excluding tert-OH is 1. The first-order chi connectivity index (χ1) is 6.76. The molecule has 1 unspecified atom stereocenters. The van der Waals surface area contributed by atoms with Gasteiger partial charge in [0.1, 0.15) is 6.17 Å². The van der Waals surface area contributed by atoms with Gasteiger partial charge in [-0.25, -0.2) is 4.39 Å². The predicted octanol–water partition coefficient (Wildman–Crippen LogP) is 1.82. The van der Waals surface area contributed by atoms with Crippen LogP contribution in [-0.4, -0.2) is 17.9 Å². The van der Waals surface area contributed by atoms with Gasteiger partial charge in [0, 0.05) is 19.4 Å². The van der Waals surface area contributed by atoms with Gasteiger partial charge in [0.2, 0.25) is 0 Å². The van der Waals surface area contributed by atoms with Crippen molar-refractivity contribution in [1.29, 1.82) is 5.26 Å². The molecule has 0 aliphatic rings. The normalized spacial score (nSPS) is 12.1. The third kappa shape index (κ3) is 3.15. The molecule has 2 nitrogen and oxygen atoms in total. The van der Waals surface area contributed by atoms with Crippen LogP contribution in [0.5, 0.6) is 0 Å². The average Bonchev–Trinajstić information content (AvgIpc) is 2.19. The Balaban J connectivity index is 2.56. The van der Waals surface area contributed by atoms with E-state index in [0.717, 1.165) is 5.56 Å². The lowest BCUT2D eigenvalue weighted by atomic mass is 10.1. The van der Waals surface area contributed by atoms with Crippen molar-refractivity contribution in [2.45, 2.75) is 19.0 Å². The van der Waals surface area contributed by atoms with Crippen molar-refractivity contribution in [2.75, 3.05) is 6.61 Å². The van der Waals surface area contributed by atoms with E-state index in [2.05, 4.69) is 0 Å². The fraction of sp³-hybridized carbons (Fsp3) is 0.364. The van der Waals surface area contributed by atoms with Crippen LogP contribution in [-0.2, 0) is 6.42 Å². The molecule has 1 rings (SSSR count). The van der Waals surface area contributed by atoms with Crippen molar-refractivity contribution in [3.05, 3.63) is 35.4 Å². The average molecular weight is 193 g/mol. The fourth-order valence-electron chi connectivity index (χ4n) is 1.21. The summed E-state index contributed by atoms with van der Waals surface area (Å²) >= 11 is 0. The van der Waals surface area contributed by atoms with Gasteiger partial charge in [0.25, 0.3) is 0 Å². The zero-order valence-corrected chi connectivity index (χ0v) is 7.78. The molecule has 0 spiro atoms. The molecule has 74 valence electrons. The third-order valence-electron chi connectivity index (χ3n) is 1.98. The molecule has 1 N–H and O–H groups in total. The van der Waals surface area contributed by atoms with Crippen LogP contribution in [0.4, 0.5) is 4.39 Å². The van der Waals surface area contributed by atoms with Crippen molar-refractivity contribution < 1.29 is 9.50 Å². The summed E-state index contributed by atoms with van der Waals surface area (Å²) in [7, 11) is 0. The molecule has 14 heavy (non-hydrogen) atoms. The van der Waals surface area contributed by atoms with Gasteiger partial charge in [-0.05, 0) is 17.7 Å². The van der Waals surface area contributed by atoms with E-state index in [1.54, 1.807) is 24.3 Å². The highest BCUT2D eigenvalue weighted by Crippen LogP contribution is 2.10. The number of hydrogen-bond donors (Lipinski definition) is 1. The summed E-state index contributed by atoms with van der Waals surface area (Å²) < 4.78 is 13.0. The Labute approximate surface area is 82.6 Å². The van der Waals surface area contributed by atoms with E-state index in [1.165, 1.54) is 0 Å². The van der Waals surface area contributed by atoms with Crippen molar-refractivity contribution in [1.82, 2.24) is 0 Å². The lowest BCUT2D eigenvalue weighted by molar-refractivity contribution is 0.219. The van der Waals surface area contributed by atoms with Gasteiger partial charge in [-0.2, -0.15) is 5.26 Å². The second-order valence-corrected chi connectivity index (χ2v) is 3.12. The highest BCUT2D eigenvalue weighted by atomic mass is 19.1. The lowest BCUT2D eigenvalue weighted by Crippen LogP contribution is -2.06. The molecule has 0 bridgehead atoms. The summed E-state index contributed by atoms with van der Waals surface area (Å²) in [5.74, 6) is 0. The first-order valence-electron chi connectivity index (χ1n) is 4.50. The van der Waals surface area contributed by atoms with Gasteiger partial charge < -0.3 is 5.11 Å². The van der Waals surface area contributed by atoms with Crippen molar-refractivity contribution in [2.24, 2.45) is 0 Å². The van der Waals surface area contributed by atoms with Gasteiger partial charge in [0.15, 0.2) is 0 Å². The molecule has 0 radical (unpaired) electrons. The summed E-state index contributed by atoms with van der Waals surface area (Å²) in [6, 6.07) is 8.81. The minimum atomic E-state index is -1.01. The molecule has 1 aromatic carbocycles. The summed E-state index contributed by atoms with van der Waals surface area (Å²) in [5, 5.41) is 17.1. The van der Waals surface area contributed by atoms with Gasteiger partial charge in [-0.15, -0.1) is 0 Å². The van der Waals surface area contributed by atoms with E-state index in [9.17, 15) is 4.39 Å². The Kier molecular flexibility index (Phi) is 4.09. The molecule has 1 atom stereocenters. The van der Waals surface area contributed by atoms with Crippen LogP contribution in [0.2, 0.25) is 0 Å². The van der Waals surface area contributed by atoms with Crippen LogP contribution in [0.1, 0.15) is 17.5 Å². The molecular weight excluding hydrogens is 181 g/mol. The maximum Gasteiger partial charge on any atom is 0.106 e. The maximum absolute atomic E-state index is 13.0. The molecule has 0 fully saturated rings. The van der Waals surface area contributed by atoms with E-state index < -0.39 is 6.17 Å². The van der Waals surface area contributed by atoms with Crippen molar-refractivity contribution in [3.8, 4) is 6.07 Å². The SMILES string of the molecule is N#Cc1ccc(CC(F)CCO)cc1. The quantitative estimate of drug-likeness (QED) is 0.792. The zero-order valence-electron chi connectivity index (χ0n) is 7.78. The summed E-state index contributed by atoms with van der Waals surface area (Å²) in [4.78, 5) is 0. The Hall–Kier alpha value is -1.40. The Morgan fingerprint density at radius 1 is 1.36 bits per heavy atom. The van der Waals surface area contributed by atoms with E-state index in [0.29, 0.717) is 12.0 Å². The Morgan fingerprint density at radius 3 is 2.50 bits per heavy atom. The number of nitrogens with zero attached hydrogens (tertiary/aromatic N) is 1. The van der Waals surface area contributed by atoms with E-state index in [-0.39, 0.29) is 13.0 Å². The molecule has 0 aromatic heterocycles. The molecule has 1 aromatic rings. The van der Waals surface area contributed by atoms with E-state index in [1.807, 2.05) is 6.07 Å². The lowest BCUT2D eigenvalue weighted by Gasteiger charge is -2.05. The minimum Gasteiger partial charge on any atom is -0.396 e. The topological polar surface area (TPSA) is 44.0 Å². The Bertz CT molecular complexity index is 315. The zero-order chi connectivity index (χ0) is 10.4. The minimum absolute atomic E-state index is 0.128. The molecular formula is C11H12FNO. The summed E-state index contributed by atoms with van der Waals surface area (Å²) in [5.41, 5.74) is 1.43. The van der Waals surface area contributed by atoms with Gasteiger partial charge in [-0.1, -0.05) is 12.1 Å². The fourth-order valence-corrected chi connectivity index (χ4v) is 1.21. The predicted molar refractivity (Wildman–Crippen MR) is 51.5 cm³/mol. The van der Waals surface area contributed by atoms with Crippen LogP contribution < -0.4 is 0 Å². The molecule has 0 amide bonds. The van der Waals surface area contributed by atoms with E-state index >= 15 is 0 Å². The van der Waals surface area contributed by atoms with Gasteiger partial charge >= 0.3 is 0 Å². The number of rotatable bonds is 4. The number of aliphatic hydroxyl groups is 1. The van der Waals surface area contributed by atoms with Crippen LogP contribution >= 0.6 is 0 Å². The van der Waals surface area contributed by atoms with Crippen LogP contribution in [0.3, 0.4) is 0 Å². The second-order valence-electron chi connectivity index (χ2n) is 3.12. The number of alkyl halides is 1. The number of benzene rings is 1. The number of nitriles is 1. The van der Waals surface area contributed by atoms with Gasteiger partial charge in [0.05, 0.1) is 11.6 Å². The molecule has 0 saturated heterocycles. The van der Waals surface area contributed by atoms with Crippen LogP contribution in [0, 0.1) is 11.3 Å². The molecule has 0 saturated carbocycles.